The second-order valence-corrected chi connectivity index (χ2v) is 6.65. The molecule has 0 bridgehead atoms. The van der Waals surface area contributed by atoms with Crippen LogP contribution in [0, 0.1) is 5.92 Å². The number of carbonyl (C=O) groups excluding carboxylic acids is 1. The van der Waals surface area contributed by atoms with Gasteiger partial charge in [0.05, 0.1) is 6.54 Å². The van der Waals surface area contributed by atoms with E-state index in [2.05, 4.69) is 25.5 Å². The highest BCUT2D eigenvalue weighted by molar-refractivity contribution is 7.09. The van der Waals surface area contributed by atoms with Gasteiger partial charge >= 0.3 is 6.03 Å². The molecule has 2 amide bonds. The Kier molecular flexibility index (Phi) is 5.42. The minimum atomic E-state index is -0.0905. The molecule has 1 fully saturated rings. The van der Waals surface area contributed by atoms with E-state index < -0.39 is 0 Å². The molecular formula is C16H21N5OS. The Morgan fingerprint density at radius 2 is 2.00 bits per heavy atom. The highest BCUT2D eigenvalue weighted by atomic mass is 32.1. The Morgan fingerprint density at radius 1 is 1.22 bits per heavy atom. The minimum Gasteiger partial charge on any atom is -0.341 e. The summed E-state index contributed by atoms with van der Waals surface area (Å²) in [5, 5.41) is 7.88. The second-order valence-electron chi connectivity index (χ2n) is 5.62. The first-order chi connectivity index (χ1) is 11.3. The SMILES string of the molecule is O=C(NCc1cccs1)NCC1CCN(c2ncccn2)CC1. The highest BCUT2D eigenvalue weighted by Gasteiger charge is 2.21. The summed E-state index contributed by atoms with van der Waals surface area (Å²) in [7, 11) is 0. The zero-order chi connectivity index (χ0) is 15.9. The van der Waals surface area contributed by atoms with Gasteiger partial charge in [-0.25, -0.2) is 14.8 Å². The lowest BCUT2D eigenvalue weighted by atomic mass is 9.97. The number of piperidine rings is 1. The van der Waals surface area contributed by atoms with Crippen molar-refractivity contribution in [2.75, 3.05) is 24.5 Å². The predicted octanol–water partition coefficient (Wildman–Crippen LogP) is 2.25. The van der Waals surface area contributed by atoms with E-state index in [4.69, 9.17) is 0 Å². The zero-order valence-corrected chi connectivity index (χ0v) is 13.8. The van der Waals surface area contributed by atoms with Crippen LogP contribution in [-0.2, 0) is 6.54 Å². The van der Waals surface area contributed by atoms with Crippen molar-refractivity contribution < 1.29 is 4.79 Å². The highest BCUT2D eigenvalue weighted by Crippen LogP contribution is 2.19. The molecule has 0 unspecified atom stereocenters. The molecule has 1 aliphatic heterocycles. The second kappa shape index (κ2) is 7.92. The minimum absolute atomic E-state index is 0.0905. The summed E-state index contributed by atoms with van der Waals surface area (Å²) in [6, 6.07) is 5.75. The molecule has 6 nitrogen and oxygen atoms in total. The molecule has 0 aromatic carbocycles. The number of hydrogen-bond donors (Lipinski definition) is 2. The molecule has 0 aliphatic carbocycles. The van der Waals surface area contributed by atoms with E-state index in [1.807, 2.05) is 23.6 Å². The number of amides is 2. The molecule has 0 spiro atoms. The van der Waals surface area contributed by atoms with Crippen molar-refractivity contribution in [3.8, 4) is 0 Å². The largest absolute Gasteiger partial charge is 0.341 e. The smallest absolute Gasteiger partial charge is 0.315 e. The number of anilines is 1. The molecule has 122 valence electrons. The molecule has 0 radical (unpaired) electrons. The standard InChI is InChI=1S/C16H21N5OS/c22-16(20-12-14-3-1-10-23-14)19-11-13-4-8-21(9-5-13)15-17-6-2-7-18-15/h1-3,6-7,10,13H,4-5,8-9,11-12H2,(H2,19,20,22). The normalized spacial score (nSPS) is 15.4. The Morgan fingerprint density at radius 3 is 2.70 bits per heavy atom. The van der Waals surface area contributed by atoms with Crippen LogP contribution in [0.1, 0.15) is 17.7 Å². The lowest BCUT2D eigenvalue weighted by Crippen LogP contribution is -2.42. The van der Waals surface area contributed by atoms with Crippen LogP contribution in [0.2, 0.25) is 0 Å². The third-order valence-electron chi connectivity index (χ3n) is 4.00. The molecule has 3 rings (SSSR count). The van der Waals surface area contributed by atoms with Crippen LogP contribution in [-0.4, -0.2) is 35.6 Å². The van der Waals surface area contributed by atoms with Gasteiger partial charge in [0.2, 0.25) is 5.95 Å². The summed E-state index contributed by atoms with van der Waals surface area (Å²) in [4.78, 5) is 23.8. The fourth-order valence-electron chi connectivity index (χ4n) is 2.67. The van der Waals surface area contributed by atoms with Crippen molar-refractivity contribution in [2.45, 2.75) is 19.4 Å². The molecule has 0 saturated carbocycles. The average molecular weight is 331 g/mol. The number of aromatic nitrogens is 2. The number of urea groups is 1. The van der Waals surface area contributed by atoms with Gasteiger partial charge in [0, 0.05) is 36.9 Å². The van der Waals surface area contributed by atoms with Crippen LogP contribution in [0.25, 0.3) is 0 Å². The van der Waals surface area contributed by atoms with Gasteiger partial charge in [-0.3, -0.25) is 0 Å². The van der Waals surface area contributed by atoms with E-state index in [1.165, 1.54) is 0 Å². The summed E-state index contributed by atoms with van der Waals surface area (Å²) in [6.45, 7) is 3.19. The quantitative estimate of drug-likeness (QED) is 0.882. The van der Waals surface area contributed by atoms with Gasteiger partial charge in [0.25, 0.3) is 0 Å². The number of carbonyl (C=O) groups is 1. The van der Waals surface area contributed by atoms with Gasteiger partial charge in [0.1, 0.15) is 0 Å². The first-order valence-electron chi connectivity index (χ1n) is 7.87. The fourth-order valence-corrected chi connectivity index (χ4v) is 3.32. The van der Waals surface area contributed by atoms with Crippen molar-refractivity contribution in [1.29, 1.82) is 0 Å². The average Bonchev–Trinajstić information content (AvgIpc) is 3.13. The van der Waals surface area contributed by atoms with E-state index >= 15 is 0 Å². The molecule has 0 atom stereocenters. The molecular weight excluding hydrogens is 310 g/mol. The Balaban J connectivity index is 1.35. The molecule has 2 aromatic rings. The van der Waals surface area contributed by atoms with Crippen LogP contribution < -0.4 is 15.5 Å². The molecule has 7 heteroatoms. The third-order valence-corrected chi connectivity index (χ3v) is 4.88. The number of hydrogen-bond acceptors (Lipinski definition) is 5. The fraction of sp³-hybridized carbons (Fsp3) is 0.438. The van der Waals surface area contributed by atoms with Crippen molar-refractivity contribution in [2.24, 2.45) is 5.92 Å². The number of thiophene rings is 1. The molecule has 23 heavy (non-hydrogen) atoms. The van der Waals surface area contributed by atoms with Crippen molar-refractivity contribution in [1.82, 2.24) is 20.6 Å². The Labute approximate surface area is 140 Å². The monoisotopic (exact) mass is 331 g/mol. The first-order valence-corrected chi connectivity index (χ1v) is 8.75. The third kappa shape index (κ3) is 4.66. The predicted molar refractivity (Wildman–Crippen MR) is 91.5 cm³/mol. The van der Waals surface area contributed by atoms with Crippen LogP contribution in [0.4, 0.5) is 10.7 Å². The maximum absolute atomic E-state index is 11.8. The van der Waals surface area contributed by atoms with Crippen molar-refractivity contribution in [3.63, 3.8) is 0 Å². The van der Waals surface area contributed by atoms with Crippen LogP contribution in [0.15, 0.2) is 36.0 Å². The van der Waals surface area contributed by atoms with Gasteiger partial charge in [-0.2, -0.15) is 0 Å². The lowest BCUT2D eigenvalue weighted by molar-refractivity contribution is 0.237. The van der Waals surface area contributed by atoms with E-state index in [0.717, 1.165) is 43.3 Å². The number of rotatable bonds is 5. The summed E-state index contributed by atoms with van der Waals surface area (Å²) in [5.74, 6) is 1.31. The zero-order valence-electron chi connectivity index (χ0n) is 12.9. The van der Waals surface area contributed by atoms with Crippen molar-refractivity contribution in [3.05, 3.63) is 40.8 Å². The van der Waals surface area contributed by atoms with Crippen molar-refractivity contribution >= 4 is 23.3 Å². The lowest BCUT2D eigenvalue weighted by Gasteiger charge is -2.31. The van der Waals surface area contributed by atoms with E-state index in [1.54, 1.807) is 23.7 Å². The molecule has 2 aromatic heterocycles. The first kappa shape index (κ1) is 15.7. The summed E-state index contributed by atoms with van der Waals surface area (Å²) in [5.41, 5.74) is 0. The van der Waals surface area contributed by atoms with E-state index in [-0.39, 0.29) is 6.03 Å². The molecule has 2 N–H and O–H groups in total. The molecule has 1 aliphatic rings. The van der Waals surface area contributed by atoms with Gasteiger partial charge < -0.3 is 15.5 Å². The van der Waals surface area contributed by atoms with Crippen LogP contribution >= 0.6 is 11.3 Å². The summed E-state index contributed by atoms with van der Waals surface area (Å²) < 4.78 is 0. The maximum Gasteiger partial charge on any atom is 0.315 e. The van der Waals surface area contributed by atoms with Gasteiger partial charge in [-0.05, 0) is 36.3 Å². The summed E-state index contributed by atoms with van der Waals surface area (Å²) >= 11 is 1.65. The number of nitrogens with zero attached hydrogens (tertiary/aromatic N) is 3. The van der Waals surface area contributed by atoms with Crippen LogP contribution in [0.3, 0.4) is 0 Å². The van der Waals surface area contributed by atoms with Gasteiger partial charge in [-0.1, -0.05) is 6.07 Å². The van der Waals surface area contributed by atoms with Crippen LogP contribution in [0.5, 0.6) is 0 Å². The molecule has 1 saturated heterocycles. The summed E-state index contributed by atoms with van der Waals surface area (Å²) in [6.07, 6.45) is 5.63. The van der Waals surface area contributed by atoms with E-state index in [0.29, 0.717) is 12.5 Å². The maximum atomic E-state index is 11.8. The Hall–Kier alpha value is -2.15. The van der Waals surface area contributed by atoms with Gasteiger partial charge in [0.15, 0.2) is 0 Å². The van der Waals surface area contributed by atoms with Gasteiger partial charge in [-0.15, -0.1) is 11.3 Å². The van der Waals surface area contributed by atoms with E-state index in [9.17, 15) is 4.79 Å². The number of nitrogens with one attached hydrogen (secondary N) is 2. The topological polar surface area (TPSA) is 70.2 Å². The molecule has 3 heterocycles. The Bertz CT molecular complexity index is 596.